The van der Waals surface area contributed by atoms with Crippen LogP contribution in [0.1, 0.15) is 25.0 Å². The second kappa shape index (κ2) is 9.41. The maximum absolute atomic E-state index is 12.7. The van der Waals surface area contributed by atoms with Crippen LogP contribution in [0.4, 0.5) is 24.5 Å². The Kier molecular flexibility index (Phi) is 7.24. The number of hydrogen-bond acceptors (Lipinski definition) is 3. The maximum Gasteiger partial charge on any atom is 0.416 e. The second-order valence-corrected chi connectivity index (χ2v) is 6.14. The van der Waals surface area contributed by atoms with Crippen molar-refractivity contribution in [1.82, 2.24) is 4.90 Å². The molecule has 27 heavy (non-hydrogen) atoms. The van der Waals surface area contributed by atoms with Crippen LogP contribution in [0, 0.1) is 0 Å². The van der Waals surface area contributed by atoms with Crippen LogP contribution < -0.4 is 10.6 Å². The molecule has 0 aliphatic carbocycles. The molecule has 2 rings (SSSR count). The minimum atomic E-state index is -4.41. The van der Waals surface area contributed by atoms with E-state index in [1.54, 1.807) is 6.07 Å². The van der Waals surface area contributed by atoms with Gasteiger partial charge in [-0.05, 0) is 49.0 Å². The predicted octanol–water partition coefficient (Wildman–Crippen LogP) is 4.60. The first-order valence-electron chi connectivity index (χ1n) is 8.84. The summed E-state index contributed by atoms with van der Waals surface area (Å²) in [7, 11) is 0. The lowest BCUT2D eigenvalue weighted by Gasteiger charge is -2.18. The zero-order valence-electron chi connectivity index (χ0n) is 15.4. The number of nitrogens with zero attached hydrogens (tertiary/aromatic N) is 1. The predicted molar refractivity (Wildman–Crippen MR) is 102 cm³/mol. The summed E-state index contributed by atoms with van der Waals surface area (Å²) in [5.74, 6) is -0.326. The van der Waals surface area contributed by atoms with Gasteiger partial charge in [0.2, 0.25) is 5.91 Å². The molecule has 0 spiro atoms. The fourth-order valence-corrected chi connectivity index (χ4v) is 2.65. The van der Waals surface area contributed by atoms with Crippen molar-refractivity contribution >= 4 is 17.3 Å². The molecule has 7 heteroatoms. The van der Waals surface area contributed by atoms with E-state index in [-0.39, 0.29) is 18.1 Å². The summed E-state index contributed by atoms with van der Waals surface area (Å²) >= 11 is 0. The first-order valence-corrected chi connectivity index (χ1v) is 8.84. The van der Waals surface area contributed by atoms with Gasteiger partial charge < -0.3 is 10.6 Å². The lowest BCUT2D eigenvalue weighted by molar-refractivity contribution is -0.137. The molecule has 2 aromatic rings. The molecule has 0 bridgehead atoms. The third-order valence-corrected chi connectivity index (χ3v) is 4.15. The van der Waals surface area contributed by atoms with Gasteiger partial charge in [0.05, 0.1) is 12.1 Å². The van der Waals surface area contributed by atoms with Crippen LogP contribution in [0.15, 0.2) is 48.5 Å². The number of alkyl halides is 3. The van der Waals surface area contributed by atoms with Crippen molar-refractivity contribution in [2.45, 2.75) is 26.6 Å². The van der Waals surface area contributed by atoms with Gasteiger partial charge in [-0.1, -0.05) is 32.0 Å². The number of rotatable bonds is 8. The standard InChI is InChI=1S/C20H24F3N3O/c1-3-26(4-2)14-15-7-5-10-18(11-15)25-19(27)13-24-17-9-6-8-16(12-17)20(21,22)23/h5-12,24H,3-4,13-14H2,1-2H3,(H,25,27). The quantitative estimate of drug-likeness (QED) is 0.705. The zero-order chi connectivity index (χ0) is 19.9. The van der Waals surface area contributed by atoms with Gasteiger partial charge in [-0.25, -0.2) is 0 Å². The lowest BCUT2D eigenvalue weighted by Crippen LogP contribution is -2.23. The Bertz CT molecular complexity index is 758. The first-order chi connectivity index (χ1) is 12.8. The van der Waals surface area contributed by atoms with E-state index >= 15 is 0 Å². The highest BCUT2D eigenvalue weighted by molar-refractivity contribution is 5.93. The Morgan fingerprint density at radius 3 is 2.33 bits per heavy atom. The van der Waals surface area contributed by atoms with Gasteiger partial charge in [0.1, 0.15) is 0 Å². The fraction of sp³-hybridized carbons (Fsp3) is 0.350. The van der Waals surface area contributed by atoms with Gasteiger partial charge >= 0.3 is 6.18 Å². The highest BCUT2D eigenvalue weighted by Crippen LogP contribution is 2.30. The van der Waals surface area contributed by atoms with E-state index in [0.717, 1.165) is 37.3 Å². The molecular formula is C20H24F3N3O. The highest BCUT2D eigenvalue weighted by Gasteiger charge is 2.30. The van der Waals surface area contributed by atoms with Gasteiger partial charge in [0, 0.05) is 17.9 Å². The fourth-order valence-electron chi connectivity index (χ4n) is 2.65. The maximum atomic E-state index is 12.7. The van der Waals surface area contributed by atoms with Crippen LogP contribution in [-0.4, -0.2) is 30.4 Å². The zero-order valence-corrected chi connectivity index (χ0v) is 15.4. The summed E-state index contributed by atoms with van der Waals surface area (Å²) in [6.45, 7) is 6.73. The molecule has 2 N–H and O–H groups in total. The van der Waals surface area contributed by atoms with Gasteiger partial charge in [0.15, 0.2) is 0 Å². The molecule has 0 unspecified atom stereocenters. The average Bonchev–Trinajstić information content (AvgIpc) is 2.64. The molecule has 146 valence electrons. The van der Waals surface area contributed by atoms with E-state index in [1.807, 2.05) is 18.2 Å². The number of benzene rings is 2. The number of nitrogens with one attached hydrogen (secondary N) is 2. The number of carbonyl (C=O) groups excluding carboxylic acids is 1. The molecular weight excluding hydrogens is 355 g/mol. The van der Waals surface area contributed by atoms with Gasteiger partial charge in [0.25, 0.3) is 0 Å². The Morgan fingerprint density at radius 1 is 1.00 bits per heavy atom. The van der Waals surface area contributed by atoms with E-state index in [9.17, 15) is 18.0 Å². The summed E-state index contributed by atoms with van der Waals surface area (Å²) in [6.07, 6.45) is -4.41. The van der Waals surface area contributed by atoms with E-state index in [2.05, 4.69) is 29.4 Å². The summed E-state index contributed by atoms with van der Waals surface area (Å²) < 4.78 is 38.2. The van der Waals surface area contributed by atoms with Crippen molar-refractivity contribution < 1.29 is 18.0 Å². The molecule has 0 aliphatic rings. The van der Waals surface area contributed by atoms with Crippen LogP contribution >= 0.6 is 0 Å². The van der Waals surface area contributed by atoms with Crippen LogP contribution in [-0.2, 0) is 17.5 Å². The van der Waals surface area contributed by atoms with Crippen LogP contribution in [0.25, 0.3) is 0 Å². The Hall–Kier alpha value is -2.54. The largest absolute Gasteiger partial charge is 0.416 e. The number of anilines is 2. The Labute approximate surface area is 157 Å². The van der Waals surface area contributed by atoms with Crippen molar-refractivity contribution in [3.63, 3.8) is 0 Å². The van der Waals surface area contributed by atoms with Crippen LogP contribution in [0.5, 0.6) is 0 Å². The van der Waals surface area contributed by atoms with E-state index in [4.69, 9.17) is 0 Å². The van der Waals surface area contributed by atoms with E-state index < -0.39 is 11.7 Å². The molecule has 0 aromatic heterocycles. The van der Waals surface area contributed by atoms with Crippen molar-refractivity contribution in [2.75, 3.05) is 30.3 Å². The molecule has 0 saturated carbocycles. The molecule has 0 heterocycles. The third-order valence-electron chi connectivity index (χ3n) is 4.15. The molecule has 0 saturated heterocycles. The molecule has 1 amide bonds. The van der Waals surface area contributed by atoms with E-state index in [0.29, 0.717) is 5.69 Å². The monoisotopic (exact) mass is 379 g/mol. The molecule has 2 aromatic carbocycles. The minimum absolute atomic E-state index is 0.123. The van der Waals surface area contributed by atoms with Crippen LogP contribution in [0.2, 0.25) is 0 Å². The Balaban J connectivity index is 1.93. The number of carbonyl (C=O) groups is 1. The summed E-state index contributed by atoms with van der Waals surface area (Å²) in [5.41, 5.74) is 1.24. The smallest absolute Gasteiger partial charge is 0.376 e. The van der Waals surface area contributed by atoms with Crippen LogP contribution in [0.3, 0.4) is 0 Å². The van der Waals surface area contributed by atoms with Crippen molar-refractivity contribution in [3.8, 4) is 0 Å². The molecule has 0 fully saturated rings. The normalized spacial score (nSPS) is 11.5. The second-order valence-electron chi connectivity index (χ2n) is 6.14. The van der Waals surface area contributed by atoms with Gasteiger partial charge in [-0.2, -0.15) is 13.2 Å². The van der Waals surface area contributed by atoms with Crippen molar-refractivity contribution in [3.05, 3.63) is 59.7 Å². The Morgan fingerprint density at radius 2 is 1.67 bits per heavy atom. The summed E-state index contributed by atoms with van der Waals surface area (Å²) in [6, 6.07) is 12.3. The topological polar surface area (TPSA) is 44.4 Å². The molecule has 0 atom stereocenters. The van der Waals surface area contributed by atoms with Crippen molar-refractivity contribution in [2.24, 2.45) is 0 Å². The molecule has 4 nitrogen and oxygen atoms in total. The molecule has 0 radical (unpaired) electrons. The van der Waals surface area contributed by atoms with E-state index in [1.165, 1.54) is 12.1 Å². The lowest BCUT2D eigenvalue weighted by atomic mass is 10.2. The number of halogens is 3. The number of amides is 1. The van der Waals surface area contributed by atoms with Gasteiger partial charge in [-0.15, -0.1) is 0 Å². The summed E-state index contributed by atoms with van der Waals surface area (Å²) in [5, 5.41) is 5.49. The third kappa shape index (κ3) is 6.60. The SMILES string of the molecule is CCN(CC)Cc1cccc(NC(=O)CNc2cccc(C(F)(F)F)c2)c1. The summed E-state index contributed by atoms with van der Waals surface area (Å²) in [4.78, 5) is 14.4. The molecule has 0 aliphatic heterocycles. The van der Waals surface area contributed by atoms with Crippen molar-refractivity contribution in [1.29, 1.82) is 0 Å². The highest BCUT2D eigenvalue weighted by atomic mass is 19.4. The first kappa shape index (κ1) is 20.8. The minimum Gasteiger partial charge on any atom is -0.376 e. The number of hydrogen-bond donors (Lipinski definition) is 2. The van der Waals surface area contributed by atoms with Gasteiger partial charge in [-0.3, -0.25) is 9.69 Å². The average molecular weight is 379 g/mol.